The first-order valence-electron chi connectivity index (χ1n) is 5.62. The Morgan fingerprint density at radius 3 is 2.32 bits per heavy atom. The number of hydrogen-bond donors (Lipinski definition) is 1. The number of amides is 1. The van der Waals surface area contributed by atoms with E-state index in [4.69, 9.17) is 28.3 Å². The molecule has 1 aromatic rings. The van der Waals surface area contributed by atoms with Crippen LogP contribution in [0.25, 0.3) is 0 Å². The molecular weight excluding hydrogens is 289 g/mol. The fourth-order valence-electron chi connectivity index (χ4n) is 1.56. The van der Waals surface area contributed by atoms with Crippen LogP contribution in [0.5, 0.6) is 0 Å². The van der Waals surface area contributed by atoms with Crippen molar-refractivity contribution in [1.29, 1.82) is 0 Å². The maximum atomic E-state index is 12.4. The summed E-state index contributed by atoms with van der Waals surface area (Å²) >= 11 is 11.9. The normalized spacial score (nSPS) is 11.2. The molecule has 0 aromatic heterocycles. The molecule has 0 unspecified atom stereocenters. The zero-order valence-electron chi connectivity index (χ0n) is 10.9. The van der Waals surface area contributed by atoms with Crippen LogP contribution in [-0.4, -0.2) is 34.0 Å². The van der Waals surface area contributed by atoms with Gasteiger partial charge in [-0.05, 0) is 32.9 Å². The minimum atomic E-state index is -1.08. The molecule has 0 spiro atoms. The van der Waals surface area contributed by atoms with Crippen LogP contribution in [0.4, 0.5) is 0 Å². The molecule has 1 amide bonds. The lowest BCUT2D eigenvalue weighted by molar-refractivity contribution is -0.138. The van der Waals surface area contributed by atoms with Crippen molar-refractivity contribution >= 4 is 35.1 Å². The third kappa shape index (κ3) is 3.85. The summed E-state index contributed by atoms with van der Waals surface area (Å²) in [5.41, 5.74) is -0.438. The second-order valence-electron chi connectivity index (χ2n) is 5.06. The van der Waals surface area contributed by atoms with Crippen molar-refractivity contribution < 1.29 is 14.7 Å². The smallest absolute Gasteiger partial charge is 0.323 e. The van der Waals surface area contributed by atoms with Crippen LogP contribution in [0.15, 0.2) is 18.2 Å². The van der Waals surface area contributed by atoms with Crippen LogP contribution in [0.2, 0.25) is 10.0 Å². The highest BCUT2D eigenvalue weighted by Crippen LogP contribution is 2.28. The lowest BCUT2D eigenvalue weighted by Crippen LogP contribution is -2.48. The second-order valence-corrected chi connectivity index (χ2v) is 5.84. The molecule has 0 atom stereocenters. The van der Waals surface area contributed by atoms with Gasteiger partial charge in [-0.25, -0.2) is 0 Å². The maximum absolute atomic E-state index is 12.4. The molecule has 0 bridgehead atoms. The summed E-state index contributed by atoms with van der Waals surface area (Å²) < 4.78 is 0. The molecule has 6 heteroatoms. The highest BCUT2D eigenvalue weighted by molar-refractivity contribution is 6.43. The van der Waals surface area contributed by atoms with Gasteiger partial charge < -0.3 is 10.0 Å². The summed E-state index contributed by atoms with van der Waals surface area (Å²) in [5.74, 6) is -1.54. The molecule has 0 saturated carbocycles. The van der Waals surface area contributed by atoms with Crippen LogP contribution in [0.1, 0.15) is 31.1 Å². The summed E-state index contributed by atoms with van der Waals surface area (Å²) in [7, 11) is 0. The van der Waals surface area contributed by atoms with Gasteiger partial charge in [0, 0.05) is 5.54 Å². The molecule has 0 aliphatic heterocycles. The van der Waals surface area contributed by atoms with Crippen molar-refractivity contribution in [2.45, 2.75) is 26.3 Å². The SMILES string of the molecule is CC(C)(C)N(CC(=O)O)C(=O)c1cccc(Cl)c1Cl. The van der Waals surface area contributed by atoms with Crippen LogP contribution < -0.4 is 0 Å². The second kappa shape index (κ2) is 5.80. The van der Waals surface area contributed by atoms with E-state index in [1.54, 1.807) is 32.9 Å². The lowest BCUT2D eigenvalue weighted by atomic mass is 10.0. The Balaban J connectivity index is 3.20. The van der Waals surface area contributed by atoms with Crippen molar-refractivity contribution in [2.75, 3.05) is 6.54 Å². The predicted molar refractivity (Wildman–Crippen MR) is 74.9 cm³/mol. The lowest BCUT2D eigenvalue weighted by Gasteiger charge is -2.34. The predicted octanol–water partition coefficient (Wildman–Crippen LogP) is 3.32. The van der Waals surface area contributed by atoms with E-state index in [9.17, 15) is 9.59 Å². The number of aliphatic carboxylic acids is 1. The van der Waals surface area contributed by atoms with E-state index in [-0.39, 0.29) is 15.6 Å². The van der Waals surface area contributed by atoms with Gasteiger partial charge in [0.1, 0.15) is 6.54 Å². The number of carbonyl (C=O) groups is 2. The monoisotopic (exact) mass is 303 g/mol. The molecule has 4 nitrogen and oxygen atoms in total. The van der Waals surface area contributed by atoms with E-state index >= 15 is 0 Å². The third-order valence-electron chi connectivity index (χ3n) is 2.53. The Bertz CT molecular complexity index is 509. The molecule has 0 heterocycles. The van der Waals surface area contributed by atoms with Gasteiger partial charge in [0.05, 0.1) is 15.6 Å². The van der Waals surface area contributed by atoms with Crippen molar-refractivity contribution in [2.24, 2.45) is 0 Å². The molecule has 0 aliphatic rings. The van der Waals surface area contributed by atoms with Crippen molar-refractivity contribution in [3.63, 3.8) is 0 Å². The first-order chi connectivity index (χ1) is 8.64. The van der Waals surface area contributed by atoms with E-state index in [1.807, 2.05) is 0 Å². The fourth-order valence-corrected chi connectivity index (χ4v) is 1.94. The standard InChI is InChI=1S/C13H15Cl2NO3/c1-13(2,3)16(7-10(17)18)12(19)8-5-4-6-9(14)11(8)15/h4-6H,7H2,1-3H3,(H,17,18). The van der Waals surface area contributed by atoms with Gasteiger partial charge in [-0.15, -0.1) is 0 Å². The van der Waals surface area contributed by atoms with Crippen LogP contribution in [0, 0.1) is 0 Å². The summed E-state index contributed by atoms with van der Waals surface area (Å²) in [4.78, 5) is 24.6. The first-order valence-corrected chi connectivity index (χ1v) is 6.38. The molecule has 0 radical (unpaired) electrons. The number of rotatable bonds is 3. The van der Waals surface area contributed by atoms with Gasteiger partial charge in [-0.1, -0.05) is 29.3 Å². The topological polar surface area (TPSA) is 57.6 Å². The minimum Gasteiger partial charge on any atom is -0.480 e. The largest absolute Gasteiger partial charge is 0.480 e. The maximum Gasteiger partial charge on any atom is 0.323 e. The Kier molecular flexibility index (Phi) is 4.82. The van der Waals surface area contributed by atoms with E-state index in [0.717, 1.165) is 0 Å². The number of halogens is 2. The number of hydrogen-bond acceptors (Lipinski definition) is 2. The van der Waals surface area contributed by atoms with E-state index in [2.05, 4.69) is 0 Å². The van der Waals surface area contributed by atoms with Crippen LogP contribution in [0.3, 0.4) is 0 Å². The quantitative estimate of drug-likeness (QED) is 0.932. The molecule has 0 saturated heterocycles. The van der Waals surface area contributed by atoms with Crippen molar-refractivity contribution in [3.05, 3.63) is 33.8 Å². The summed E-state index contributed by atoms with van der Waals surface area (Å²) in [5, 5.41) is 9.31. The molecule has 104 valence electrons. The van der Waals surface area contributed by atoms with E-state index in [0.29, 0.717) is 0 Å². The first kappa shape index (κ1) is 15.8. The van der Waals surface area contributed by atoms with E-state index < -0.39 is 24.0 Å². The molecular formula is C13H15Cl2NO3. The number of nitrogens with zero attached hydrogens (tertiary/aromatic N) is 1. The van der Waals surface area contributed by atoms with Crippen molar-refractivity contribution in [1.82, 2.24) is 4.90 Å². The molecule has 0 aliphatic carbocycles. The Labute approximate surface area is 121 Å². The zero-order valence-corrected chi connectivity index (χ0v) is 12.4. The Morgan fingerprint density at radius 1 is 1.26 bits per heavy atom. The number of carboxylic acid groups (broad SMARTS) is 1. The Morgan fingerprint density at radius 2 is 1.84 bits per heavy atom. The van der Waals surface area contributed by atoms with Gasteiger partial charge in [0.15, 0.2) is 0 Å². The highest BCUT2D eigenvalue weighted by atomic mass is 35.5. The average molecular weight is 304 g/mol. The Hall–Kier alpha value is -1.26. The third-order valence-corrected chi connectivity index (χ3v) is 3.35. The molecule has 19 heavy (non-hydrogen) atoms. The summed E-state index contributed by atoms with van der Waals surface area (Å²) in [6, 6.07) is 4.69. The summed E-state index contributed by atoms with van der Waals surface area (Å²) in [6.07, 6.45) is 0. The number of benzene rings is 1. The van der Waals surface area contributed by atoms with Crippen molar-refractivity contribution in [3.8, 4) is 0 Å². The molecule has 1 N–H and O–H groups in total. The molecule has 0 fully saturated rings. The van der Waals surface area contributed by atoms with Gasteiger partial charge in [-0.3, -0.25) is 9.59 Å². The van der Waals surface area contributed by atoms with Crippen LogP contribution in [-0.2, 0) is 4.79 Å². The number of carbonyl (C=O) groups excluding carboxylic acids is 1. The molecule has 1 rings (SSSR count). The highest BCUT2D eigenvalue weighted by Gasteiger charge is 2.30. The van der Waals surface area contributed by atoms with Crippen LogP contribution >= 0.6 is 23.2 Å². The molecule has 1 aromatic carbocycles. The fraction of sp³-hybridized carbons (Fsp3) is 0.385. The zero-order chi connectivity index (χ0) is 14.8. The van der Waals surface area contributed by atoms with Gasteiger partial charge >= 0.3 is 5.97 Å². The minimum absolute atomic E-state index is 0.133. The van der Waals surface area contributed by atoms with E-state index in [1.165, 1.54) is 11.0 Å². The van der Waals surface area contributed by atoms with Gasteiger partial charge in [-0.2, -0.15) is 0 Å². The van der Waals surface area contributed by atoms with Gasteiger partial charge in [0.25, 0.3) is 5.91 Å². The number of carboxylic acids is 1. The summed E-state index contributed by atoms with van der Waals surface area (Å²) in [6.45, 7) is 4.87. The average Bonchev–Trinajstić information content (AvgIpc) is 2.27. The van der Waals surface area contributed by atoms with Gasteiger partial charge in [0.2, 0.25) is 0 Å².